The molecule has 0 amide bonds. The summed E-state index contributed by atoms with van der Waals surface area (Å²) in [5.74, 6) is -1.85. The van der Waals surface area contributed by atoms with Crippen LogP contribution in [0.2, 0.25) is 0 Å². The molecule has 6 heteroatoms. The number of benzene rings is 3. The number of anilines is 1. The summed E-state index contributed by atoms with van der Waals surface area (Å²) in [6.45, 7) is 6.07. The van der Waals surface area contributed by atoms with Crippen LogP contribution in [0.3, 0.4) is 0 Å². The van der Waals surface area contributed by atoms with Crippen LogP contribution >= 0.6 is 0 Å². The summed E-state index contributed by atoms with van der Waals surface area (Å²) in [5.41, 5.74) is 8.24. The number of aryl methyl sites for hydroxylation is 1. The Kier molecular flexibility index (Phi) is 4.47. The summed E-state index contributed by atoms with van der Waals surface area (Å²) in [4.78, 5) is 13.9. The lowest BCUT2D eigenvalue weighted by atomic mass is 9.81. The molecular weight excluding hydrogens is 404 g/mol. The number of aliphatic hydroxyl groups is 2. The molecule has 0 aromatic heterocycles. The number of Topliss-reactive ketones (excluding diaryl/α,β-unsaturated/α-hetero) is 1. The summed E-state index contributed by atoms with van der Waals surface area (Å²) in [6, 6.07) is 17.8. The molecule has 0 spiro atoms. The number of hydrogen-bond donors (Lipinski definition) is 4. The first kappa shape index (κ1) is 20.7. The van der Waals surface area contributed by atoms with Gasteiger partial charge in [-0.05, 0) is 36.1 Å². The molecule has 3 aromatic rings. The van der Waals surface area contributed by atoms with Crippen molar-refractivity contribution in [1.82, 2.24) is 5.32 Å². The molecule has 2 aliphatic rings. The van der Waals surface area contributed by atoms with Crippen LogP contribution in [-0.2, 0) is 11.3 Å². The highest BCUT2D eigenvalue weighted by Crippen LogP contribution is 2.59. The Morgan fingerprint density at radius 3 is 2.38 bits per heavy atom. The van der Waals surface area contributed by atoms with Gasteiger partial charge < -0.3 is 20.7 Å². The van der Waals surface area contributed by atoms with Gasteiger partial charge >= 0.3 is 0 Å². The van der Waals surface area contributed by atoms with Gasteiger partial charge in [-0.15, -0.1) is 0 Å². The van der Waals surface area contributed by atoms with Gasteiger partial charge in [0.2, 0.25) is 0 Å². The predicted molar refractivity (Wildman–Crippen MR) is 121 cm³/mol. The zero-order chi connectivity index (χ0) is 22.8. The third-order valence-corrected chi connectivity index (χ3v) is 6.62. The minimum atomic E-state index is -2.06. The van der Waals surface area contributed by atoms with Crippen molar-refractivity contribution in [3.63, 3.8) is 0 Å². The van der Waals surface area contributed by atoms with Gasteiger partial charge in [0, 0.05) is 16.8 Å². The SMILES string of the molecule is Cc1ccc(C(O)NC23C(=O)c4c(N)cccc4C2(O)Oc2cc(C(C)C)ccc23)cc1. The minimum absolute atomic E-state index is 0.206. The summed E-state index contributed by atoms with van der Waals surface area (Å²) >= 11 is 0. The maximum absolute atomic E-state index is 13.9. The predicted octanol–water partition coefficient (Wildman–Crippen LogP) is 3.61. The van der Waals surface area contributed by atoms with E-state index >= 15 is 0 Å². The van der Waals surface area contributed by atoms with Crippen LogP contribution in [0, 0.1) is 6.92 Å². The smallest absolute Gasteiger partial charge is 0.266 e. The van der Waals surface area contributed by atoms with E-state index in [0.29, 0.717) is 16.9 Å². The van der Waals surface area contributed by atoms with Crippen LogP contribution < -0.4 is 15.8 Å². The Balaban J connectivity index is 1.71. The summed E-state index contributed by atoms with van der Waals surface area (Å²) < 4.78 is 6.13. The molecular formula is C26H26N2O4. The van der Waals surface area contributed by atoms with Crippen molar-refractivity contribution in [3.05, 3.63) is 94.0 Å². The van der Waals surface area contributed by atoms with Crippen LogP contribution in [0.15, 0.2) is 60.7 Å². The van der Waals surface area contributed by atoms with Gasteiger partial charge in [-0.25, -0.2) is 0 Å². The Hall–Kier alpha value is -3.19. The lowest BCUT2D eigenvalue weighted by Crippen LogP contribution is -2.59. The second kappa shape index (κ2) is 6.90. The minimum Gasteiger partial charge on any atom is -0.455 e. The van der Waals surface area contributed by atoms with Gasteiger partial charge in [-0.3, -0.25) is 10.1 Å². The number of carbonyl (C=O) groups excluding carboxylic acids is 1. The van der Waals surface area contributed by atoms with E-state index in [-0.39, 0.29) is 22.7 Å². The number of ketones is 1. The molecule has 0 fully saturated rings. The molecule has 0 bridgehead atoms. The van der Waals surface area contributed by atoms with Crippen molar-refractivity contribution in [1.29, 1.82) is 0 Å². The van der Waals surface area contributed by atoms with Crippen LogP contribution in [-0.4, -0.2) is 16.0 Å². The number of fused-ring (bicyclic) bond motifs is 5. The van der Waals surface area contributed by atoms with Crippen molar-refractivity contribution >= 4 is 11.5 Å². The standard InChI is InChI=1S/C26H26N2O4/c1-14(2)17-11-12-18-21(13-17)32-26(31)19-5-4-6-20(27)22(19)23(29)25(18,26)28-24(30)16-9-7-15(3)8-10-16/h4-14,24,28,30-31H,27H2,1-3H3. The molecule has 0 radical (unpaired) electrons. The Labute approximate surface area is 186 Å². The molecule has 0 saturated carbocycles. The Morgan fingerprint density at radius 1 is 1.00 bits per heavy atom. The molecule has 32 heavy (non-hydrogen) atoms. The number of nitrogen functional groups attached to an aromatic ring is 1. The zero-order valence-corrected chi connectivity index (χ0v) is 18.2. The molecule has 3 unspecified atom stereocenters. The molecule has 6 nitrogen and oxygen atoms in total. The van der Waals surface area contributed by atoms with Crippen molar-refractivity contribution in [2.75, 3.05) is 5.73 Å². The van der Waals surface area contributed by atoms with E-state index in [1.807, 2.05) is 31.2 Å². The van der Waals surface area contributed by atoms with E-state index in [2.05, 4.69) is 19.2 Å². The van der Waals surface area contributed by atoms with Crippen LogP contribution in [0.1, 0.15) is 64.2 Å². The average molecular weight is 431 g/mol. The van der Waals surface area contributed by atoms with E-state index in [0.717, 1.165) is 11.1 Å². The summed E-state index contributed by atoms with van der Waals surface area (Å²) in [5, 5.41) is 26.1. The van der Waals surface area contributed by atoms with Crippen molar-refractivity contribution < 1.29 is 19.7 Å². The highest BCUT2D eigenvalue weighted by molar-refractivity contribution is 6.13. The molecule has 1 heterocycles. The molecule has 5 rings (SSSR count). The number of hydrogen-bond acceptors (Lipinski definition) is 6. The van der Waals surface area contributed by atoms with Crippen LogP contribution in [0.5, 0.6) is 5.75 Å². The first-order valence-electron chi connectivity index (χ1n) is 10.7. The first-order valence-corrected chi connectivity index (χ1v) is 10.7. The monoisotopic (exact) mass is 430 g/mol. The first-order chi connectivity index (χ1) is 15.2. The fourth-order valence-corrected chi connectivity index (χ4v) is 4.82. The van der Waals surface area contributed by atoms with Crippen molar-refractivity contribution in [2.24, 2.45) is 0 Å². The third kappa shape index (κ3) is 2.60. The van der Waals surface area contributed by atoms with Crippen LogP contribution in [0.4, 0.5) is 5.69 Å². The van der Waals surface area contributed by atoms with Gasteiger partial charge in [0.25, 0.3) is 5.79 Å². The topological polar surface area (TPSA) is 105 Å². The fraction of sp³-hybridized carbons (Fsp3) is 0.269. The van der Waals surface area contributed by atoms with Crippen molar-refractivity contribution in [3.8, 4) is 5.75 Å². The molecule has 164 valence electrons. The third-order valence-electron chi connectivity index (χ3n) is 6.62. The highest BCUT2D eigenvalue weighted by Gasteiger charge is 2.71. The van der Waals surface area contributed by atoms with E-state index in [1.165, 1.54) is 0 Å². The van der Waals surface area contributed by atoms with Crippen LogP contribution in [0.25, 0.3) is 0 Å². The molecule has 3 atom stereocenters. The van der Waals surface area contributed by atoms with Gasteiger partial charge in [-0.2, -0.15) is 0 Å². The Morgan fingerprint density at radius 2 is 1.69 bits per heavy atom. The normalized spacial score (nSPS) is 24.1. The molecule has 3 aromatic carbocycles. The summed E-state index contributed by atoms with van der Waals surface area (Å²) in [6.07, 6.45) is -1.24. The molecule has 1 aliphatic heterocycles. The van der Waals surface area contributed by atoms with Gasteiger partial charge in [0.05, 0.1) is 5.56 Å². The Bertz CT molecular complexity index is 1240. The van der Waals surface area contributed by atoms with Gasteiger partial charge in [-0.1, -0.05) is 67.9 Å². The fourth-order valence-electron chi connectivity index (χ4n) is 4.82. The average Bonchev–Trinajstić information content (AvgIpc) is 3.11. The molecule has 0 saturated heterocycles. The number of nitrogens with two attached hydrogens (primary N) is 1. The summed E-state index contributed by atoms with van der Waals surface area (Å²) in [7, 11) is 0. The van der Waals surface area contributed by atoms with Crippen molar-refractivity contribution in [2.45, 2.75) is 44.2 Å². The van der Waals surface area contributed by atoms with Gasteiger partial charge in [0.15, 0.2) is 11.3 Å². The van der Waals surface area contributed by atoms with E-state index in [1.54, 1.807) is 36.4 Å². The number of ether oxygens (including phenoxy) is 1. The quantitative estimate of drug-likeness (QED) is 0.372. The second-order valence-corrected chi connectivity index (χ2v) is 8.96. The number of nitrogens with one attached hydrogen (secondary N) is 1. The maximum Gasteiger partial charge on any atom is 0.266 e. The second-order valence-electron chi connectivity index (χ2n) is 8.96. The largest absolute Gasteiger partial charge is 0.455 e. The lowest BCUT2D eigenvalue weighted by Gasteiger charge is -2.36. The van der Waals surface area contributed by atoms with E-state index in [9.17, 15) is 15.0 Å². The highest BCUT2D eigenvalue weighted by atomic mass is 16.6. The number of rotatable bonds is 4. The maximum atomic E-state index is 13.9. The lowest BCUT2D eigenvalue weighted by molar-refractivity contribution is -0.180. The molecule has 1 aliphatic carbocycles. The zero-order valence-electron chi connectivity index (χ0n) is 18.2. The molecule has 5 N–H and O–H groups in total. The number of aliphatic hydroxyl groups excluding tert-OH is 1. The number of carbonyl (C=O) groups is 1. The van der Waals surface area contributed by atoms with E-state index < -0.39 is 23.3 Å². The van der Waals surface area contributed by atoms with E-state index in [4.69, 9.17) is 10.5 Å². The van der Waals surface area contributed by atoms with Gasteiger partial charge in [0.1, 0.15) is 12.0 Å².